The molecule has 1 aromatic heterocycles. The van der Waals surface area contributed by atoms with E-state index in [9.17, 15) is 5.11 Å². The van der Waals surface area contributed by atoms with E-state index in [1.54, 1.807) is 0 Å². The van der Waals surface area contributed by atoms with Crippen LogP contribution in [0.25, 0.3) is 0 Å². The van der Waals surface area contributed by atoms with Gasteiger partial charge in [-0.1, -0.05) is 6.92 Å². The first-order valence-corrected chi connectivity index (χ1v) is 5.95. The second-order valence-corrected chi connectivity index (χ2v) is 4.34. The van der Waals surface area contributed by atoms with E-state index in [1.165, 1.54) is 5.69 Å². The third-order valence-electron chi connectivity index (χ3n) is 3.46. The molecule has 0 aliphatic carbocycles. The number of aliphatic hydroxyl groups is 1. The lowest BCUT2D eigenvalue weighted by atomic mass is 9.91. The lowest BCUT2D eigenvalue weighted by Crippen LogP contribution is -2.46. The van der Waals surface area contributed by atoms with Crippen molar-refractivity contribution in [2.24, 2.45) is 0 Å². The molecular weight excluding hydrogens is 202 g/mol. The van der Waals surface area contributed by atoms with E-state index >= 15 is 0 Å². The van der Waals surface area contributed by atoms with Gasteiger partial charge in [0.1, 0.15) is 0 Å². The molecule has 0 bridgehead atoms. The van der Waals surface area contributed by atoms with Gasteiger partial charge >= 0.3 is 0 Å². The van der Waals surface area contributed by atoms with Crippen LogP contribution in [0.15, 0.2) is 12.3 Å². The van der Waals surface area contributed by atoms with Crippen LogP contribution < -0.4 is 5.32 Å². The van der Waals surface area contributed by atoms with Crippen molar-refractivity contribution in [3.63, 3.8) is 0 Å². The highest BCUT2D eigenvalue weighted by atomic mass is 16.3. The average Bonchev–Trinajstić information content (AvgIpc) is 2.71. The predicted octanol–water partition coefficient (Wildman–Crippen LogP) is 1.33. The fourth-order valence-electron chi connectivity index (χ4n) is 1.95. The minimum Gasteiger partial charge on any atom is -0.394 e. The summed E-state index contributed by atoms with van der Waals surface area (Å²) in [6, 6.07) is 2.01. The summed E-state index contributed by atoms with van der Waals surface area (Å²) in [5.41, 5.74) is 1.07. The van der Waals surface area contributed by atoms with Crippen molar-refractivity contribution < 1.29 is 5.11 Å². The second kappa shape index (κ2) is 6.01. The average molecular weight is 225 g/mol. The molecule has 0 aliphatic heterocycles. The Hall–Kier alpha value is -0.870. The zero-order valence-corrected chi connectivity index (χ0v) is 10.5. The normalized spacial score (nSPS) is 15.0. The van der Waals surface area contributed by atoms with Crippen LogP contribution in [0.4, 0.5) is 0 Å². The largest absolute Gasteiger partial charge is 0.394 e. The number of nitrogens with one attached hydrogen (secondary N) is 1. The van der Waals surface area contributed by atoms with Gasteiger partial charge in [-0.2, -0.15) is 5.10 Å². The van der Waals surface area contributed by atoms with Gasteiger partial charge in [0.15, 0.2) is 0 Å². The molecule has 1 atom stereocenters. The molecule has 4 nitrogen and oxygen atoms in total. The molecule has 4 heteroatoms. The van der Waals surface area contributed by atoms with Crippen LogP contribution >= 0.6 is 0 Å². The first-order valence-electron chi connectivity index (χ1n) is 5.95. The van der Waals surface area contributed by atoms with Crippen molar-refractivity contribution in [2.75, 3.05) is 13.7 Å². The molecular formula is C12H23N3O. The molecule has 0 radical (unpaired) electrons. The second-order valence-electron chi connectivity index (χ2n) is 4.34. The van der Waals surface area contributed by atoms with Gasteiger partial charge in [0.05, 0.1) is 6.61 Å². The fourth-order valence-corrected chi connectivity index (χ4v) is 1.95. The molecule has 1 rings (SSSR count). The standard InChI is InChI=1S/C12H23N3O/c1-4-12(10-16,13-3)7-5-9-15-11(2)6-8-14-15/h6,8,13,16H,4-5,7,9-10H2,1-3H3. The number of aryl methyl sites for hydroxylation is 2. The van der Waals surface area contributed by atoms with E-state index in [1.807, 2.05) is 24.0 Å². The van der Waals surface area contributed by atoms with Crippen LogP contribution in [-0.2, 0) is 6.54 Å². The number of likely N-dealkylation sites (N-methyl/N-ethyl adjacent to an activating group) is 1. The summed E-state index contributed by atoms with van der Waals surface area (Å²) < 4.78 is 2.01. The third-order valence-corrected chi connectivity index (χ3v) is 3.46. The van der Waals surface area contributed by atoms with Crippen molar-refractivity contribution >= 4 is 0 Å². The highest BCUT2D eigenvalue weighted by Crippen LogP contribution is 2.17. The number of aliphatic hydroxyl groups excluding tert-OH is 1. The molecule has 16 heavy (non-hydrogen) atoms. The van der Waals surface area contributed by atoms with E-state index in [0.29, 0.717) is 0 Å². The van der Waals surface area contributed by atoms with Gasteiger partial charge in [0.2, 0.25) is 0 Å². The lowest BCUT2D eigenvalue weighted by Gasteiger charge is -2.30. The summed E-state index contributed by atoms with van der Waals surface area (Å²) in [5.74, 6) is 0. The maximum Gasteiger partial charge on any atom is 0.0613 e. The fraction of sp³-hybridized carbons (Fsp3) is 0.750. The molecule has 2 N–H and O–H groups in total. The molecule has 92 valence electrons. The molecule has 0 saturated heterocycles. The highest BCUT2D eigenvalue weighted by molar-refractivity contribution is 4.96. The first-order chi connectivity index (χ1) is 7.67. The smallest absolute Gasteiger partial charge is 0.0613 e. The van der Waals surface area contributed by atoms with E-state index in [-0.39, 0.29) is 12.1 Å². The summed E-state index contributed by atoms with van der Waals surface area (Å²) in [5, 5.41) is 16.9. The summed E-state index contributed by atoms with van der Waals surface area (Å²) >= 11 is 0. The molecule has 1 aromatic rings. The maximum atomic E-state index is 9.40. The minimum absolute atomic E-state index is 0.124. The number of hydrogen-bond acceptors (Lipinski definition) is 3. The molecule has 0 amide bonds. The van der Waals surface area contributed by atoms with Gasteiger partial charge in [-0.15, -0.1) is 0 Å². The number of aromatic nitrogens is 2. The Labute approximate surface area is 97.7 Å². The van der Waals surface area contributed by atoms with Crippen molar-refractivity contribution in [3.8, 4) is 0 Å². The topological polar surface area (TPSA) is 50.1 Å². The predicted molar refractivity (Wildman–Crippen MR) is 65.4 cm³/mol. The van der Waals surface area contributed by atoms with E-state index in [4.69, 9.17) is 0 Å². The van der Waals surface area contributed by atoms with E-state index in [0.717, 1.165) is 25.8 Å². The Balaban J connectivity index is 2.42. The highest BCUT2D eigenvalue weighted by Gasteiger charge is 2.24. The van der Waals surface area contributed by atoms with E-state index in [2.05, 4.69) is 24.3 Å². The van der Waals surface area contributed by atoms with Crippen molar-refractivity contribution in [2.45, 2.75) is 45.2 Å². The molecule has 0 fully saturated rings. The Morgan fingerprint density at radius 3 is 2.75 bits per heavy atom. The molecule has 0 saturated carbocycles. The Kier molecular flexibility index (Phi) is 4.96. The number of rotatable bonds is 7. The summed E-state index contributed by atoms with van der Waals surface area (Å²) in [7, 11) is 1.92. The quantitative estimate of drug-likeness (QED) is 0.736. The summed E-state index contributed by atoms with van der Waals surface area (Å²) in [6.07, 6.45) is 4.76. The maximum absolute atomic E-state index is 9.40. The minimum atomic E-state index is -0.124. The molecule has 1 unspecified atom stereocenters. The Morgan fingerprint density at radius 2 is 2.31 bits per heavy atom. The zero-order valence-electron chi connectivity index (χ0n) is 10.5. The van der Waals surface area contributed by atoms with E-state index < -0.39 is 0 Å². The van der Waals surface area contributed by atoms with Gasteiger partial charge in [-0.05, 0) is 39.3 Å². The van der Waals surface area contributed by atoms with Crippen LogP contribution in [0.5, 0.6) is 0 Å². The first kappa shape index (κ1) is 13.2. The van der Waals surface area contributed by atoms with Gasteiger partial charge in [0.25, 0.3) is 0 Å². The van der Waals surface area contributed by atoms with Gasteiger partial charge in [-0.3, -0.25) is 4.68 Å². The van der Waals surface area contributed by atoms with Crippen molar-refractivity contribution in [1.29, 1.82) is 0 Å². The van der Waals surface area contributed by atoms with Crippen LogP contribution in [0.3, 0.4) is 0 Å². The number of nitrogens with zero attached hydrogens (tertiary/aromatic N) is 2. The Bertz CT molecular complexity index is 297. The van der Waals surface area contributed by atoms with Gasteiger partial charge in [-0.25, -0.2) is 0 Å². The van der Waals surface area contributed by atoms with Crippen molar-refractivity contribution in [1.82, 2.24) is 15.1 Å². The molecule has 0 aliphatic rings. The van der Waals surface area contributed by atoms with Crippen LogP contribution in [0, 0.1) is 6.92 Å². The number of hydrogen-bond donors (Lipinski definition) is 2. The Morgan fingerprint density at radius 1 is 1.56 bits per heavy atom. The van der Waals surface area contributed by atoms with Crippen LogP contribution in [0.2, 0.25) is 0 Å². The summed E-state index contributed by atoms with van der Waals surface area (Å²) in [4.78, 5) is 0. The van der Waals surface area contributed by atoms with Gasteiger partial charge in [0, 0.05) is 24.0 Å². The SMILES string of the molecule is CCC(CO)(CCCn1nccc1C)NC. The lowest BCUT2D eigenvalue weighted by molar-refractivity contribution is 0.150. The van der Waals surface area contributed by atoms with Crippen LogP contribution in [0.1, 0.15) is 31.9 Å². The third kappa shape index (κ3) is 3.06. The van der Waals surface area contributed by atoms with Gasteiger partial charge < -0.3 is 10.4 Å². The van der Waals surface area contributed by atoms with Crippen LogP contribution in [-0.4, -0.2) is 34.1 Å². The molecule has 1 heterocycles. The molecule has 0 aromatic carbocycles. The summed E-state index contributed by atoms with van der Waals surface area (Å²) in [6.45, 7) is 5.27. The van der Waals surface area contributed by atoms with Crippen molar-refractivity contribution in [3.05, 3.63) is 18.0 Å². The monoisotopic (exact) mass is 225 g/mol. The molecule has 0 spiro atoms. The zero-order chi connectivity index (χ0) is 12.0.